The van der Waals surface area contributed by atoms with Crippen molar-refractivity contribution in [2.45, 2.75) is 31.3 Å². The Balaban J connectivity index is 2.42. The lowest BCUT2D eigenvalue weighted by Crippen LogP contribution is -2.36. The Bertz CT molecular complexity index is 406. The Morgan fingerprint density at radius 1 is 1.43 bits per heavy atom. The summed E-state index contributed by atoms with van der Waals surface area (Å²) in [6.07, 6.45) is 3.78. The van der Waals surface area contributed by atoms with Crippen LogP contribution in [0.3, 0.4) is 0 Å². The first-order valence-electron chi connectivity index (χ1n) is 4.74. The van der Waals surface area contributed by atoms with Crippen LogP contribution in [-0.4, -0.2) is 15.6 Å². The van der Waals surface area contributed by atoms with Gasteiger partial charge in [-0.05, 0) is 19.3 Å². The Kier molecular flexibility index (Phi) is 2.25. The number of aromatic nitrogens is 2. The smallest absolute Gasteiger partial charge is 0.328 e. The summed E-state index contributed by atoms with van der Waals surface area (Å²) in [5.74, 6) is 0. The SMILES string of the molecule is NC1CCC(n2c(=O)cc[nH]c2=O)C1. The molecule has 3 N–H and O–H groups in total. The molecule has 5 heteroatoms. The first-order valence-corrected chi connectivity index (χ1v) is 4.74. The summed E-state index contributed by atoms with van der Waals surface area (Å²) in [7, 11) is 0. The molecule has 0 saturated heterocycles. The van der Waals surface area contributed by atoms with Crippen LogP contribution in [-0.2, 0) is 0 Å². The number of H-pyrrole nitrogens is 1. The Hall–Kier alpha value is -1.36. The van der Waals surface area contributed by atoms with E-state index in [0.29, 0.717) is 6.42 Å². The molecule has 76 valence electrons. The van der Waals surface area contributed by atoms with Gasteiger partial charge >= 0.3 is 5.69 Å². The second kappa shape index (κ2) is 3.42. The second-order valence-corrected chi connectivity index (χ2v) is 3.72. The van der Waals surface area contributed by atoms with E-state index in [-0.39, 0.29) is 23.3 Å². The van der Waals surface area contributed by atoms with Gasteiger partial charge in [-0.3, -0.25) is 9.36 Å². The molecule has 14 heavy (non-hydrogen) atoms. The van der Waals surface area contributed by atoms with E-state index >= 15 is 0 Å². The average Bonchev–Trinajstić information content (AvgIpc) is 2.51. The fourth-order valence-corrected chi connectivity index (χ4v) is 2.01. The minimum absolute atomic E-state index is 0.0255. The van der Waals surface area contributed by atoms with Gasteiger partial charge in [-0.25, -0.2) is 4.79 Å². The van der Waals surface area contributed by atoms with Crippen molar-refractivity contribution in [2.75, 3.05) is 0 Å². The van der Waals surface area contributed by atoms with Crippen LogP contribution in [0.25, 0.3) is 0 Å². The number of rotatable bonds is 1. The molecular weight excluding hydrogens is 182 g/mol. The summed E-state index contributed by atoms with van der Waals surface area (Å²) in [4.78, 5) is 25.3. The largest absolute Gasteiger partial charge is 0.328 e. The van der Waals surface area contributed by atoms with Crippen molar-refractivity contribution in [3.8, 4) is 0 Å². The average molecular weight is 195 g/mol. The van der Waals surface area contributed by atoms with Gasteiger partial charge < -0.3 is 10.7 Å². The van der Waals surface area contributed by atoms with E-state index in [2.05, 4.69) is 4.98 Å². The summed E-state index contributed by atoms with van der Waals surface area (Å²) in [5.41, 5.74) is 5.16. The highest BCUT2D eigenvalue weighted by Gasteiger charge is 2.24. The highest BCUT2D eigenvalue weighted by atomic mass is 16.2. The zero-order valence-electron chi connectivity index (χ0n) is 7.77. The van der Waals surface area contributed by atoms with Crippen LogP contribution >= 0.6 is 0 Å². The van der Waals surface area contributed by atoms with Crippen LogP contribution < -0.4 is 17.0 Å². The van der Waals surface area contributed by atoms with E-state index < -0.39 is 0 Å². The number of nitrogens with one attached hydrogen (secondary N) is 1. The predicted octanol–water partition coefficient (Wildman–Crippen LogP) is -0.411. The van der Waals surface area contributed by atoms with E-state index in [9.17, 15) is 9.59 Å². The topological polar surface area (TPSA) is 80.9 Å². The fraction of sp³-hybridized carbons (Fsp3) is 0.556. The first kappa shape index (κ1) is 9.21. The van der Waals surface area contributed by atoms with Gasteiger partial charge in [-0.1, -0.05) is 0 Å². The summed E-state index contributed by atoms with van der Waals surface area (Å²) in [5, 5.41) is 0. The van der Waals surface area contributed by atoms with Crippen molar-refractivity contribution in [1.82, 2.24) is 9.55 Å². The third-order valence-corrected chi connectivity index (χ3v) is 2.70. The molecule has 0 aromatic carbocycles. The van der Waals surface area contributed by atoms with Gasteiger partial charge in [0.05, 0.1) is 0 Å². The first-order chi connectivity index (χ1) is 6.68. The third kappa shape index (κ3) is 1.50. The van der Waals surface area contributed by atoms with Crippen molar-refractivity contribution in [1.29, 1.82) is 0 Å². The van der Waals surface area contributed by atoms with Gasteiger partial charge in [0.1, 0.15) is 0 Å². The van der Waals surface area contributed by atoms with Crippen molar-refractivity contribution in [3.63, 3.8) is 0 Å². The maximum Gasteiger partial charge on any atom is 0.328 e. The van der Waals surface area contributed by atoms with Crippen molar-refractivity contribution >= 4 is 0 Å². The maximum absolute atomic E-state index is 11.4. The Labute approximate surface area is 80.6 Å². The second-order valence-electron chi connectivity index (χ2n) is 3.72. The number of nitrogens with zero attached hydrogens (tertiary/aromatic N) is 1. The lowest BCUT2D eigenvalue weighted by molar-refractivity contribution is 0.472. The van der Waals surface area contributed by atoms with Gasteiger partial charge in [0, 0.05) is 24.3 Å². The molecule has 2 rings (SSSR count). The maximum atomic E-state index is 11.4. The highest BCUT2D eigenvalue weighted by molar-refractivity contribution is 4.90. The van der Waals surface area contributed by atoms with Crippen LogP contribution in [0.15, 0.2) is 21.9 Å². The van der Waals surface area contributed by atoms with Crippen molar-refractivity contribution in [3.05, 3.63) is 33.1 Å². The molecule has 0 radical (unpaired) electrons. The number of hydrogen-bond donors (Lipinski definition) is 2. The monoisotopic (exact) mass is 195 g/mol. The van der Waals surface area contributed by atoms with Gasteiger partial charge in [-0.2, -0.15) is 0 Å². The summed E-state index contributed by atoms with van der Waals surface area (Å²) < 4.78 is 1.27. The molecule has 1 saturated carbocycles. The van der Waals surface area contributed by atoms with E-state index in [1.807, 2.05) is 0 Å². The molecule has 0 bridgehead atoms. The molecule has 0 aliphatic heterocycles. The molecule has 2 atom stereocenters. The summed E-state index contributed by atoms with van der Waals surface area (Å²) in [6, 6.07) is 1.46. The van der Waals surface area contributed by atoms with Crippen molar-refractivity contribution < 1.29 is 0 Å². The molecule has 2 unspecified atom stereocenters. The molecule has 1 heterocycles. The van der Waals surface area contributed by atoms with Crippen LogP contribution in [0, 0.1) is 0 Å². The lowest BCUT2D eigenvalue weighted by atomic mass is 10.2. The highest BCUT2D eigenvalue weighted by Crippen LogP contribution is 2.26. The van der Waals surface area contributed by atoms with Gasteiger partial charge in [0.25, 0.3) is 5.56 Å². The number of aromatic amines is 1. The zero-order valence-corrected chi connectivity index (χ0v) is 7.77. The fourth-order valence-electron chi connectivity index (χ4n) is 2.01. The summed E-state index contributed by atoms with van der Waals surface area (Å²) in [6.45, 7) is 0. The Morgan fingerprint density at radius 2 is 2.21 bits per heavy atom. The molecular formula is C9H13N3O2. The predicted molar refractivity (Wildman–Crippen MR) is 52.2 cm³/mol. The molecule has 0 amide bonds. The molecule has 5 nitrogen and oxygen atoms in total. The molecule has 1 aromatic rings. The van der Waals surface area contributed by atoms with E-state index in [4.69, 9.17) is 5.73 Å². The molecule has 1 aliphatic rings. The molecule has 1 fully saturated rings. The number of nitrogens with two attached hydrogens (primary N) is 1. The zero-order chi connectivity index (χ0) is 10.1. The van der Waals surface area contributed by atoms with Crippen LogP contribution in [0.1, 0.15) is 25.3 Å². The van der Waals surface area contributed by atoms with Gasteiger partial charge in [0.2, 0.25) is 0 Å². The van der Waals surface area contributed by atoms with Gasteiger partial charge in [0.15, 0.2) is 0 Å². The molecule has 1 aromatic heterocycles. The van der Waals surface area contributed by atoms with Gasteiger partial charge in [-0.15, -0.1) is 0 Å². The Morgan fingerprint density at radius 3 is 2.79 bits per heavy atom. The van der Waals surface area contributed by atoms with Crippen LogP contribution in [0.2, 0.25) is 0 Å². The van der Waals surface area contributed by atoms with Crippen molar-refractivity contribution in [2.24, 2.45) is 5.73 Å². The molecule has 1 aliphatic carbocycles. The van der Waals surface area contributed by atoms with E-state index in [1.54, 1.807) is 0 Å². The number of hydrogen-bond acceptors (Lipinski definition) is 3. The van der Waals surface area contributed by atoms with E-state index in [1.165, 1.54) is 16.8 Å². The molecule has 0 spiro atoms. The lowest BCUT2D eigenvalue weighted by Gasteiger charge is -2.11. The third-order valence-electron chi connectivity index (χ3n) is 2.70. The van der Waals surface area contributed by atoms with Crippen LogP contribution in [0.4, 0.5) is 0 Å². The standard InChI is InChI=1S/C9H13N3O2/c10-6-1-2-7(5-6)12-8(13)3-4-11-9(12)14/h3-4,6-7H,1-2,5,10H2,(H,11,14). The van der Waals surface area contributed by atoms with Crippen LogP contribution in [0.5, 0.6) is 0 Å². The summed E-state index contributed by atoms with van der Waals surface area (Å²) >= 11 is 0. The van der Waals surface area contributed by atoms with E-state index in [0.717, 1.165) is 12.8 Å². The minimum atomic E-state index is -0.336. The normalized spacial score (nSPS) is 26.6. The quantitative estimate of drug-likeness (QED) is 0.639. The minimum Gasteiger partial charge on any atom is -0.328 e.